The van der Waals surface area contributed by atoms with Gasteiger partial charge in [-0.1, -0.05) is 0 Å². The van der Waals surface area contributed by atoms with Crippen LogP contribution in [0.5, 0.6) is 0 Å². The number of rotatable bonds is 0. The first kappa shape index (κ1) is 7.32. The second kappa shape index (κ2) is 2.45. The van der Waals surface area contributed by atoms with Crippen LogP contribution in [0.2, 0.25) is 0 Å². The molecule has 2 heterocycles. The molecular formula is C6H12ClNO. The molecule has 2 bridgehead atoms. The third-order valence-corrected chi connectivity index (χ3v) is 2.27. The average molecular weight is 150 g/mol. The van der Waals surface area contributed by atoms with E-state index < -0.39 is 0 Å². The molecule has 0 aliphatic carbocycles. The molecule has 2 rings (SSSR count). The van der Waals surface area contributed by atoms with Gasteiger partial charge in [0.25, 0.3) is 0 Å². The Balaban J connectivity index is 0.000000405. The Kier molecular flexibility index (Phi) is 1.99. The van der Waals surface area contributed by atoms with E-state index in [1.165, 1.54) is 12.8 Å². The van der Waals surface area contributed by atoms with Crippen LogP contribution < -0.4 is 5.32 Å². The Morgan fingerprint density at radius 3 is 2.33 bits per heavy atom. The van der Waals surface area contributed by atoms with E-state index in [1.54, 1.807) is 0 Å². The van der Waals surface area contributed by atoms with Gasteiger partial charge >= 0.3 is 0 Å². The van der Waals surface area contributed by atoms with Gasteiger partial charge in [-0.15, -0.1) is 12.4 Å². The maximum Gasteiger partial charge on any atom is 0.0708 e. The second-order valence-electron chi connectivity index (χ2n) is 2.85. The first-order chi connectivity index (χ1) is 3.86. The molecule has 9 heavy (non-hydrogen) atoms. The molecule has 0 spiro atoms. The molecule has 0 aromatic heterocycles. The average Bonchev–Trinajstić information content (AvgIpc) is 2.23. The molecular weight excluding hydrogens is 138 g/mol. The largest absolute Gasteiger partial charge is 0.391 e. The summed E-state index contributed by atoms with van der Waals surface area (Å²) in [6.07, 6.45) is 3.42. The standard InChI is InChI=1S/C6H11NO.ClH/c8-6-3-4-1-2-5(6)7-4;/h4-8H,1-3H2;1H/t4-,5+,6+;/m0./s1. The molecule has 0 radical (unpaired) electrons. The lowest BCUT2D eigenvalue weighted by Gasteiger charge is -2.12. The number of fused-ring (bicyclic) bond motifs is 2. The highest BCUT2D eigenvalue weighted by molar-refractivity contribution is 5.85. The lowest BCUT2D eigenvalue weighted by molar-refractivity contribution is 0.145. The van der Waals surface area contributed by atoms with Gasteiger partial charge in [-0.2, -0.15) is 0 Å². The number of hydrogen-bond acceptors (Lipinski definition) is 2. The minimum absolute atomic E-state index is 0. The van der Waals surface area contributed by atoms with E-state index in [9.17, 15) is 0 Å². The van der Waals surface area contributed by atoms with Crippen LogP contribution in [0.4, 0.5) is 0 Å². The molecule has 54 valence electrons. The fourth-order valence-corrected chi connectivity index (χ4v) is 1.80. The summed E-state index contributed by atoms with van der Waals surface area (Å²) in [6.45, 7) is 0. The topological polar surface area (TPSA) is 32.3 Å². The van der Waals surface area contributed by atoms with Crippen LogP contribution in [0.15, 0.2) is 0 Å². The molecule has 2 nitrogen and oxygen atoms in total. The van der Waals surface area contributed by atoms with E-state index in [0.29, 0.717) is 12.1 Å². The fraction of sp³-hybridized carbons (Fsp3) is 1.00. The maximum absolute atomic E-state index is 9.16. The van der Waals surface area contributed by atoms with E-state index in [-0.39, 0.29) is 18.5 Å². The lowest BCUT2D eigenvalue weighted by atomic mass is 9.98. The van der Waals surface area contributed by atoms with Gasteiger partial charge < -0.3 is 10.4 Å². The van der Waals surface area contributed by atoms with Crippen LogP contribution >= 0.6 is 12.4 Å². The van der Waals surface area contributed by atoms with Crippen molar-refractivity contribution in [3.8, 4) is 0 Å². The van der Waals surface area contributed by atoms with Crippen molar-refractivity contribution < 1.29 is 5.11 Å². The van der Waals surface area contributed by atoms with Gasteiger partial charge in [0.15, 0.2) is 0 Å². The molecule has 0 unspecified atom stereocenters. The molecule has 2 fully saturated rings. The van der Waals surface area contributed by atoms with Crippen LogP contribution in [0.1, 0.15) is 19.3 Å². The molecule has 2 saturated heterocycles. The van der Waals surface area contributed by atoms with Crippen LogP contribution in [-0.4, -0.2) is 23.3 Å². The molecule has 2 aliphatic rings. The summed E-state index contributed by atoms with van der Waals surface area (Å²) in [6, 6.07) is 1.09. The highest BCUT2D eigenvalue weighted by atomic mass is 35.5. The van der Waals surface area contributed by atoms with Crippen molar-refractivity contribution in [2.24, 2.45) is 0 Å². The zero-order valence-electron chi connectivity index (χ0n) is 5.21. The van der Waals surface area contributed by atoms with Crippen LogP contribution in [0.3, 0.4) is 0 Å². The van der Waals surface area contributed by atoms with E-state index in [1.807, 2.05) is 0 Å². The van der Waals surface area contributed by atoms with Crippen molar-refractivity contribution in [2.75, 3.05) is 0 Å². The van der Waals surface area contributed by atoms with E-state index >= 15 is 0 Å². The van der Waals surface area contributed by atoms with Crippen LogP contribution in [0, 0.1) is 0 Å². The van der Waals surface area contributed by atoms with Crippen molar-refractivity contribution in [1.82, 2.24) is 5.32 Å². The summed E-state index contributed by atoms with van der Waals surface area (Å²) < 4.78 is 0. The number of halogens is 1. The summed E-state index contributed by atoms with van der Waals surface area (Å²) in [4.78, 5) is 0. The molecule has 0 aromatic rings. The van der Waals surface area contributed by atoms with Crippen LogP contribution in [-0.2, 0) is 0 Å². The number of nitrogens with one attached hydrogen (secondary N) is 1. The number of hydrogen-bond donors (Lipinski definition) is 2. The minimum atomic E-state index is -0.0336. The Labute approximate surface area is 61.0 Å². The van der Waals surface area contributed by atoms with E-state index in [4.69, 9.17) is 5.11 Å². The van der Waals surface area contributed by atoms with Gasteiger partial charge in [0, 0.05) is 12.1 Å². The predicted octanol–water partition coefficient (Wildman–Crippen LogP) is 0.293. The minimum Gasteiger partial charge on any atom is -0.391 e. The summed E-state index contributed by atoms with van der Waals surface area (Å²) >= 11 is 0. The summed E-state index contributed by atoms with van der Waals surface area (Å²) in [5.41, 5.74) is 0. The molecule has 2 N–H and O–H groups in total. The Bertz CT molecular complexity index is 107. The van der Waals surface area contributed by atoms with Gasteiger partial charge in [0.05, 0.1) is 6.10 Å². The highest BCUT2D eigenvalue weighted by Gasteiger charge is 2.37. The normalized spacial score (nSPS) is 47.0. The van der Waals surface area contributed by atoms with Crippen molar-refractivity contribution >= 4 is 12.4 Å². The Hall–Kier alpha value is 0.210. The van der Waals surface area contributed by atoms with Crippen molar-refractivity contribution in [1.29, 1.82) is 0 Å². The van der Waals surface area contributed by atoms with Gasteiger partial charge in [-0.05, 0) is 19.3 Å². The summed E-state index contributed by atoms with van der Waals surface area (Å²) in [5, 5.41) is 12.5. The lowest BCUT2D eigenvalue weighted by Crippen LogP contribution is -2.26. The molecule has 3 heteroatoms. The van der Waals surface area contributed by atoms with E-state index in [2.05, 4.69) is 5.32 Å². The third-order valence-electron chi connectivity index (χ3n) is 2.27. The number of aliphatic hydroxyl groups excluding tert-OH is 1. The third kappa shape index (κ3) is 1.07. The van der Waals surface area contributed by atoms with E-state index in [0.717, 1.165) is 6.42 Å². The quantitative estimate of drug-likeness (QED) is 0.519. The molecule has 0 aromatic carbocycles. The van der Waals surface area contributed by atoms with Crippen LogP contribution in [0.25, 0.3) is 0 Å². The summed E-state index contributed by atoms with van der Waals surface area (Å²) in [5.74, 6) is 0. The maximum atomic E-state index is 9.16. The predicted molar refractivity (Wildman–Crippen MR) is 37.8 cm³/mol. The van der Waals surface area contributed by atoms with Crippen molar-refractivity contribution in [3.05, 3.63) is 0 Å². The fourth-order valence-electron chi connectivity index (χ4n) is 1.80. The monoisotopic (exact) mass is 149 g/mol. The van der Waals surface area contributed by atoms with Crippen molar-refractivity contribution in [2.45, 2.75) is 37.5 Å². The first-order valence-electron chi connectivity index (χ1n) is 3.30. The first-order valence-corrected chi connectivity index (χ1v) is 3.30. The van der Waals surface area contributed by atoms with Gasteiger partial charge in [0.2, 0.25) is 0 Å². The SMILES string of the molecule is Cl.O[C@@H]1C[C@@H]2CC[C@H]1N2. The number of aliphatic hydroxyl groups is 1. The molecule has 3 atom stereocenters. The molecule has 0 saturated carbocycles. The van der Waals surface area contributed by atoms with Gasteiger partial charge in [-0.3, -0.25) is 0 Å². The smallest absolute Gasteiger partial charge is 0.0708 e. The zero-order chi connectivity index (χ0) is 5.56. The second-order valence-corrected chi connectivity index (χ2v) is 2.85. The van der Waals surface area contributed by atoms with Gasteiger partial charge in [-0.25, -0.2) is 0 Å². The molecule has 0 amide bonds. The van der Waals surface area contributed by atoms with Gasteiger partial charge in [0.1, 0.15) is 0 Å². The van der Waals surface area contributed by atoms with Crippen molar-refractivity contribution in [3.63, 3.8) is 0 Å². The summed E-state index contributed by atoms with van der Waals surface area (Å²) in [7, 11) is 0. The Morgan fingerprint density at radius 1 is 1.33 bits per heavy atom. The molecule has 2 aliphatic heterocycles. The Morgan fingerprint density at radius 2 is 2.11 bits per heavy atom. The zero-order valence-corrected chi connectivity index (χ0v) is 6.03. The highest BCUT2D eigenvalue weighted by Crippen LogP contribution is 2.27.